The highest BCUT2D eigenvalue weighted by Gasteiger charge is 2.11. The SMILES string of the molecule is CCNCCN1CCN(C)CCN(C)CC1. The summed E-state index contributed by atoms with van der Waals surface area (Å²) in [5, 5.41) is 3.40. The van der Waals surface area contributed by atoms with Crippen molar-refractivity contribution in [3.8, 4) is 0 Å². The molecule has 4 nitrogen and oxygen atoms in total. The van der Waals surface area contributed by atoms with Crippen molar-refractivity contribution in [2.75, 3.05) is 73.0 Å². The van der Waals surface area contributed by atoms with E-state index >= 15 is 0 Å². The van der Waals surface area contributed by atoms with Gasteiger partial charge in [-0.05, 0) is 20.6 Å². The maximum atomic E-state index is 3.40. The van der Waals surface area contributed by atoms with Gasteiger partial charge in [0.25, 0.3) is 0 Å². The third-order valence-corrected chi connectivity index (χ3v) is 3.31. The minimum Gasteiger partial charge on any atom is -0.316 e. The van der Waals surface area contributed by atoms with E-state index in [1.807, 2.05) is 0 Å². The zero-order valence-corrected chi connectivity index (χ0v) is 11.2. The van der Waals surface area contributed by atoms with E-state index < -0.39 is 0 Å². The molecule has 0 aromatic rings. The predicted molar refractivity (Wildman–Crippen MR) is 70.0 cm³/mol. The molecule has 0 amide bonds. The number of likely N-dealkylation sites (N-methyl/N-ethyl adjacent to an activating group) is 3. The van der Waals surface area contributed by atoms with Gasteiger partial charge in [-0.15, -0.1) is 0 Å². The molecule has 1 aliphatic rings. The topological polar surface area (TPSA) is 21.8 Å². The van der Waals surface area contributed by atoms with Gasteiger partial charge < -0.3 is 15.1 Å². The molecular weight excluding hydrogens is 200 g/mol. The molecule has 0 aliphatic carbocycles. The van der Waals surface area contributed by atoms with Crippen LogP contribution in [0.3, 0.4) is 0 Å². The summed E-state index contributed by atoms with van der Waals surface area (Å²) in [5.74, 6) is 0. The van der Waals surface area contributed by atoms with Crippen LogP contribution in [0.2, 0.25) is 0 Å². The molecule has 1 rings (SSSR count). The maximum Gasteiger partial charge on any atom is 0.0110 e. The Hall–Kier alpha value is -0.160. The van der Waals surface area contributed by atoms with E-state index in [4.69, 9.17) is 0 Å². The van der Waals surface area contributed by atoms with Crippen molar-refractivity contribution >= 4 is 0 Å². The van der Waals surface area contributed by atoms with Crippen molar-refractivity contribution in [2.24, 2.45) is 0 Å². The van der Waals surface area contributed by atoms with Gasteiger partial charge in [-0.2, -0.15) is 0 Å². The predicted octanol–water partition coefficient (Wildman–Crippen LogP) is -0.225. The highest BCUT2D eigenvalue weighted by Crippen LogP contribution is 1.96. The molecule has 0 saturated carbocycles. The van der Waals surface area contributed by atoms with Crippen molar-refractivity contribution in [1.29, 1.82) is 0 Å². The summed E-state index contributed by atoms with van der Waals surface area (Å²) in [5.41, 5.74) is 0. The van der Waals surface area contributed by atoms with Crippen LogP contribution in [0, 0.1) is 0 Å². The first-order valence-corrected chi connectivity index (χ1v) is 6.52. The Morgan fingerprint density at radius 2 is 1.38 bits per heavy atom. The summed E-state index contributed by atoms with van der Waals surface area (Å²) in [4.78, 5) is 7.44. The van der Waals surface area contributed by atoms with Crippen LogP contribution in [0.1, 0.15) is 6.92 Å². The lowest BCUT2D eigenvalue weighted by molar-refractivity contribution is 0.235. The molecule has 0 atom stereocenters. The molecule has 1 N–H and O–H groups in total. The third-order valence-electron chi connectivity index (χ3n) is 3.31. The van der Waals surface area contributed by atoms with Crippen LogP contribution in [-0.4, -0.2) is 87.7 Å². The Morgan fingerprint density at radius 1 is 0.875 bits per heavy atom. The lowest BCUT2D eigenvalue weighted by Gasteiger charge is -2.24. The molecule has 1 saturated heterocycles. The van der Waals surface area contributed by atoms with Crippen LogP contribution >= 0.6 is 0 Å². The van der Waals surface area contributed by atoms with Crippen molar-refractivity contribution < 1.29 is 0 Å². The van der Waals surface area contributed by atoms with Gasteiger partial charge in [0.05, 0.1) is 0 Å². The quantitative estimate of drug-likeness (QED) is 0.671. The van der Waals surface area contributed by atoms with Crippen molar-refractivity contribution in [3.63, 3.8) is 0 Å². The van der Waals surface area contributed by atoms with Gasteiger partial charge in [0.15, 0.2) is 0 Å². The fourth-order valence-corrected chi connectivity index (χ4v) is 1.94. The molecule has 0 unspecified atom stereocenters. The first kappa shape index (κ1) is 13.9. The van der Waals surface area contributed by atoms with Gasteiger partial charge in [0.2, 0.25) is 0 Å². The highest BCUT2D eigenvalue weighted by atomic mass is 15.2. The second-order valence-electron chi connectivity index (χ2n) is 4.80. The second-order valence-corrected chi connectivity index (χ2v) is 4.80. The Labute approximate surface area is 101 Å². The van der Waals surface area contributed by atoms with Gasteiger partial charge in [0, 0.05) is 52.4 Å². The molecular formula is C12H28N4. The van der Waals surface area contributed by atoms with Crippen LogP contribution in [-0.2, 0) is 0 Å². The lowest BCUT2D eigenvalue weighted by atomic mass is 10.4. The Bertz CT molecular complexity index is 160. The molecule has 4 heteroatoms. The molecule has 0 spiro atoms. The number of nitrogens with zero attached hydrogens (tertiary/aromatic N) is 3. The van der Waals surface area contributed by atoms with E-state index in [1.54, 1.807) is 0 Å². The van der Waals surface area contributed by atoms with Gasteiger partial charge in [-0.1, -0.05) is 6.92 Å². The first-order valence-electron chi connectivity index (χ1n) is 6.52. The molecule has 0 radical (unpaired) electrons. The normalized spacial score (nSPS) is 22.7. The maximum absolute atomic E-state index is 3.40. The fraction of sp³-hybridized carbons (Fsp3) is 1.00. The minimum absolute atomic E-state index is 1.08. The van der Waals surface area contributed by atoms with Crippen LogP contribution in [0.15, 0.2) is 0 Å². The summed E-state index contributed by atoms with van der Waals surface area (Å²) in [6.45, 7) is 12.7. The number of nitrogens with one attached hydrogen (secondary N) is 1. The van der Waals surface area contributed by atoms with Crippen molar-refractivity contribution in [3.05, 3.63) is 0 Å². The van der Waals surface area contributed by atoms with Crippen LogP contribution in [0.4, 0.5) is 0 Å². The molecule has 1 fully saturated rings. The van der Waals surface area contributed by atoms with E-state index in [9.17, 15) is 0 Å². The van der Waals surface area contributed by atoms with Gasteiger partial charge in [0.1, 0.15) is 0 Å². The van der Waals surface area contributed by atoms with E-state index in [0.717, 1.165) is 13.1 Å². The summed E-state index contributed by atoms with van der Waals surface area (Å²) < 4.78 is 0. The van der Waals surface area contributed by atoms with Crippen molar-refractivity contribution in [1.82, 2.24) is 20.0 Å². The Balaban J connectivity index is 2.30. The van der Waals surface area contributed by atoms with Crippen LogP contribution in [0.25, 0.3) is 0 Å². The smallest absolute Gasteiger partial charge is 0.0110 e. The van der Waals surface area contributed by atoms with E-state index in [0.29, 0.717) is 0 Å². The standard InChI is InChI=1S/C12H28N4/c1-4-13-5-6-16-11-9-14(2)7-8-15(3)10-12-16/h13H,4-12H2,1-3H3. The third kappa shape index (κ3) is 5.80. The molecule has 0 aromatic carbocycles. The molecule has 0 bridgehead atoms. The first-order chi connectivity index (χ1) is 7.72. The number of hydrogen-bond acceptors (Lipinski definition) is 4. The highest BCUT2D eigenvalue weighted by molar-refractivity contribution is 4.68. The average molecular weight is 228 g/mol. The van der Waals surface area contributed by atoms with E-state index in [1.165, 1.54) is 45.8 Å². The fourth-order valence-electron chi connectivity index (χ4n) is 1.94. The zero-order chi connectivity index (χ0) is 11.8. The monoisotopic (exact) mass is 228 g/mol. The molecule has 1 heterocycles. The average Bonchev–Trinajstić information content (AvgIpc) is 2.35. The Morgan fingerprint density at radius 3 is 1.88 bits per heavy atom. The summed E-state index contributed by atoms with van der Waals surface area (Å²) in [7, 11) is 4.45. The summed E-state index contributed by atoms with van der Waals surface area (Å²) in [6.07, 6.45) is 0. The van der Waals surface area contributed by atoms with Crippen LogP contribution in [0.5, 0.6) is 0 Å². The van der Waals surface area contributed by atoms with Gasteiger partial charge in [-0.3, -0.25) is 4.90 Å². The zero-order valence-electron chi connectivity index (χ0n) is 11.2. The molecule has 1 aliphatic heterocycles. The van der Waals surface area contributed by atoms with E-state index in [-0.39, 0.29) is 0 Å². The summed E-state index contributed by atoms with van der Waals surface area (Å²) in [6, 6.07) is 0. The van der Waals surface area contributed by atoms with Crippen molar-refractivity contribution in [2.45, 2.75) is 6.92 Å². The largest absolute Gasteiger partial charge is 0.316 e. The van der Waals surface area contributed by atoms with Gasteiger partial charge in [-0.25, -0.2) is 0 Å². The lowest BCUT2D eigenvalue weighted by Crippen LogP contribution is -2.39. The summed E-state index contributed by atoms with van der Waals surface area (Å²) >= 11 is 0. The Kier molecular flexibility index (Phi) is 6.96. The molecule has 0 aromatic heterocycles. The minimum atomic E-state index is 1.08. The number of rotatable bonds is 4. The second kappa shape index (κ2) is 8.01. The molecule has 16 heavy (non-hydrogen) atoms. The van der Waals surface area contributed by atoms with Gasteiger partial charge >= 0.3 is 0 Å². The van der Waals surface area contributed by atoms with E-state index in [2.05, 4.69) is 41.0 Å². The molecule has 96 valence electrons. The van der Waals surface area contributed by atoms with Crippen LogP contribution < -0.4 is 5.32 Å². The number of hydrogen-bond donors (Lipinski definition) is 1.